The molecule has 0 amide bonds. The molecule has 134 valence electrons. The largest absolute Gasteiger partial charge is 0.460 e. The first-order chi connectivity index (χ1) is 11.0. The van der Waals surface area contributed by atoms with E-state index in [1.165, 1.54) is 12.1 Å². The Bertz CT molecular complexity index is 623. The van der Waals surface area contributed by atoms with Gasteiger partial charge in [-0.15, -0.1) is 0 Å². The number of nitrogens with zero attached hydrogens (tertiary/aromatic N) is 1. The number of nitrogens with two attached hydrogens (primary N) is 1. The van der Waals surface area contributed by atoms with Crippen LogP contribution in [0, 0.1) is 5.82 Å². The van der Waals surface area contributed by atoms with Crippen molar-refractivity contribution >= 4 is 28.9 Å². The number of carbonyl (C=O) groups is 1. The van der Waals surface area contributed by atoms with Crippen molar-refractivity contribution in [2.45, 2.75) is 51.2 Å². The van der Waals surface area contributed by atoms with Crippen molar-refractivity contribution in [3.63, 3.8) is 0 Å². The number of nitrogen functional groups attached to an aromatic ring is 1. The van der Waals surface area contributed by atoms with E-state index >= 15 is 0 Å². The topological polar surface area (TPSA) is 75.8 Å². The molecular formula is C17H24ClFN2O3. The van der Waals surface area contributed by atoms with Gasteiger partial charge in [0.05, 0.1) is 28.4 Å². The van der Waals surface area contributed by atoms with E-state index in [2.05, 4.69) is 0 Å². The van der Waals surface area contributed by atoms with E-state index in [0.29, 0.717) is 36.6 Å². The second kappa shape index (κ2) is 6.76. The highest BCUT2D eigenvalue weighted by Gasteiger charge is 2.36. The fraction of sp³-hybridized carbons (Fsp3) is 0.588. The summed E-state index contributed by atoms with van der Waals surface area (Å²) in [5.74, 6) is -0.880. The van der Waals surface area contributed by atoms with Gasteiger partial charge in [0.2, 0.25) is 0 Å². The molecule has 0 atom stereocenters. The number of aliphatic hydroxyl groups is 1. The predicted octanol–water partition coefficient (Wildman–Crippen LogP) is 3.12. The number of halogens is 2. The molecule has 0 radical (unpaired) electrons. The lowest BCUT2D eigenvalue weighted by Gasteiger charge is -2.39. The third-order valence-electron chi connectivity index (χ3n) is 3.99. The monoisotopic (exact) mass is 358 g/mol. The summed E-state index contributed by atoms with van der Waals surface area (Å²) in [5.41, 5.74) is 4.41. The Kier molecular flexibility index (Phi) is 5.30. The van der Waals surface area contributed by atoms with E-state index in [9.17, 15) is 14.3 Å². The van der Waals surface area contributed by atoms with E-state index in [1.54, 1.807) is 25.7 Å². The Morgan fingerprint density at radius 3 is 2.54 bits per heavy atom. The zero-order valence-corrected chi connectivity index (χ0v) is 15.0. The second-order valence-electron chi connectivity index (χ2n) is 7.30. The number of ether oxygens (including phenoxy) is 1. The number of hydrogen-bond donors (Lipinski definition) is 2. The van der Waals surface area contributed by atoms with Gasteiger partial charge >= 0.3 is 5.97 Å². The van der Waals surface area contributed by atoms with Crippen LogP contribution < -0.4 is 10.6 Å². The minimum atomic E-state index is -1.13. The molecule has 24 heavy (non-hydrogen) atoms. The van der Waals surface area contributed by atoms with Crippen LogP contribution in [0.4, 0.5) is 15.8 Å². The normalized spacial score (nSPS) is 17.7. The van der Waals surface area contributed by atoms with E-state index in [1.807, 2.05) is 0 Å². The number of esters is 1. The van der Waals surface area contributed by atoms with Gasteiger partial charge in [0.15, 0.2) is 0 Å². The fourth-order valence-electron chi connectivity index (χ4n) is 2.78. The molecule has 1 fully saturated rings. The smallest absolute Gasteiger partial charge is 0.309 e. The molecule has 7 heteroatoms. The third kappa shape index (κ3) is 4.74. The SMILES string of the molecule is CC(C)(C)OC(=O)CC1(O)CCN(c2cc(Cl)c(N)cc2F)CC1. The van der Waals surface area contributed by atoms with Crippen LogP contribution in [0.25, 0.3) is 0 Å². The Morgan fingerprint density at radius 2 is 2.00 bits per heavy atom. The summed E-state index contributed by atoms with van der Waals surface area (Å²) in [7, 11) is 0. The van der Waals surface area contributed by atoms with Crippen LogP contribution in [0.5, 0.6) is 0 Å². The molecule has 1 aliphatic rings. The molecule has 1 aromatic carbocycles. The maximum Gasteiger partial charge on any atom is 0.309 e. The average molecular weight is 359 g/mol. The summed E-state index contributed by atoms with van der Waals surface area (Å²) in [6, 6.07) is 2.68. The van der Waals surface area contributed by atoms with Gasteiger partial charge in [-0.25, -0.2) is 4.39 Å². The number of benzene rings is 1. The number of piperidine rings is 1. The maximum absolute atomic E-state index is 14.1. The fourth-order valence-corrected chi connectivity index (χ4v) is 2.94. The van der Waals surface area contributed by atoms with Gasteiger partial charge in [0.1, 0.15) is 11.4 Å². The number of carbonyl (C=O) groups excluding carboxylic acids is 1. The lowest BCUT2D eigenvalue weighted by atomic mass is 9.88. The first kappa shape index (κ1) is 18.8. The molecule has 1 aliphatic heterocycles. The molecule has 0 unspecified atom stereocenters. The molecule has 2 rings (SSSR count). The average Bonchev–Trinajstić information content (AvgIpc) is 2.41. The summed E-state index contributed by atoms with van der Waals surface area (Å²) < 4.78 is 19.3. The van der Waals surface area contributed by atoms with Gasteiger partial charge in [-0.05, 0) is 39.7 Å². The van der Waals surface area contributed by atoms with Crippen LogP contribution in [0.2, 0.25) is 5.02 Å². The van der Waals surface area contributed by atoms with Crippen molar-refractivity contribution in [1.29, 1.82) is 0 Å². The van der Waals surface area contributed by atoms with Crippen molar-refractivity contribution in [2.75, 3.05) is 23.7 Å². The van der Waals surface area contributed by atoms with Crippen LogP contribution in [-0.4, -0.2) is 35.4 Å². The van der Waals surface area contributed by atoms with Gasteiger partial charge in [-0.3, -0.25) is 4.79 Å². The standard InChI is InChI=1S/C17H24ClFN2O3/c1-16(2,3)24-15(22)10-17(23)4-6-21(7-5-17)14-8-11(18)13(20)9-12(14)19/h8-9,23H,4-7,10,20H2,1-3H3. The highest BCUT2D eigenvalue weighted by molar-refractivity contribution is 6.33. The Hall–Kier alpha value is -1.53. The van der Waals surface area contributed by atoms with Crippen molar-refractivity contribution in [3.05, 3.63) is 23.0 Å². The zero-order chi connectivity index (χ0) is 18.1. The van der Waals surface area contributed by atoms with Crippen molar-refractivity contribution < 1.29 is 19.0 Å². The van der Waals surface area contributed by atoms with E-state index in [4.69, 9.17) is 22.1 Å². The van der Waals surface area contributed by atoms with Gasteiger partial charge in [0.25, 0.3) is 0 Å². The molecule has 0 spiro atoms. The Balaban J connectivity index is 2.00. The highest BCUT2D eigenvalue weighted by atomic mass is 35.5. The van der Waals surface area contributed by atoms with Crippen molar-refractivity contribution in [1.82, 2.24) is 0 Å². The molecule has 0 aliphatic carbocycles. The first-order valence-electron chi connectivity index (χ1n) is 7.93. The lowest BCUT2D eigenvalue weighted by molar-refractivity contribution is -0.161. The van der Waals surface area contributed by atoms with Crippen molar-refractivity contribution in [2.24, 2.45) is 0 Å². The zero-order valence-electron chi connectivity index (χ0n) is 14.2. The van der Waals surface area contributed by atoms with Crippen LogP contribution in [0.15, 0.2) is 12.1 Å². The van der Waals surface area contributed by atoms with Gasteiger partial charge < -0.3 is 20.5 Å². The third-order valence-corrected chi connectivity index (χ3v) is 4.32. The molecule has 0 bridgehead atoms. The molecule has 1 saturated heterocycles. The molecule has 0 aromatic heterocycles. The number of hydrogen-bond acceptors (Lipinski definition) is 5. The van der Waals surface area contributed by atoms with Crippen molar-refractivity contribution in [3.8, 4) is 0 Å². The summed E-state index contributed by atoms with van der Waals surface area (Å²) >= 11 is 5.96. The molecule has 0 saturated carbocycles. The predicted molar refractivity (Wildman–Crippen MR) is 92.7 cm³/mol. The van der Waals surface area contributed by atoms with Gasteiger partial charge in [-0.2, -0.15) is 0 Å². The maximum atomic E-state index is 14.1. The number of rotatable bonds is 3. The lowest BCUT2D eigenvalue weighted by Crippen LogP contribution is -2.46. The van der Waals surface area contributed by atoms with Crippen LogP contribution in [0.3, 0.4) is 0 Å². The first-order valence-corrected chi connectivity index (χ1v) is 8.31. The highest BCUT2D eigenvalue weighted by Crippen LogP contribution is 2.34. The molecule has 1 heterocycles. The van der Waals surface area contributed by atoms with Crippen LogP contribution >= 0.6 is 11.6 Å². The van der Waals surface area contributed by atoms with Gasteiger partial charge in [0, 0.05) is 19.2 Å². The summed E-state index contributed by atoms with van der Waals surface area (Å²) in [5, 5.41) is 10.9. The molecule has 1 aromatic rings. The van der Waals surface area contributed by atoms with Crippen LogP contribution in [-0.2, 0) is 9.53 Å². The molecular weight excluding hydrogens is 335 g/mol. The quantitative estimate of drug-likeness (QED) is 0.641. The Labute approximate surface area is 146 Å². The minimum absolute atomic E-state index is 0.0664. The van der Waals surface area contributed by atoms with Gasteiger partial charge in [-0.1, -0.05) is 11.6 Å². The minimum Gasteiger partial charge on any atom is -0.460 e. The summed E-state index contributed by atoms with van der Waals surface area (Å²) in [4.78, 5) is 13.7. The van der Waals surface area contributed by atoms with E-state index in [-0.39, 0.29) is 12.1 Å². The van der Waals surface area contributed by atoms with E-state index < -0.39 is 23.0 Å². The summed E-state index contributed by atoms with van der Waals surface area (Å²) in [6.07, 6.45) is 0.616. The summed E-state index contributed by atoms with van der Waals surface area (Å²) in [6.45, 7) is 6.18. The van der Waals surface area contributed by atoms with Crippen LogP contribution in [0.1, 0.15) is 40.0 Å². The molecule has 5 nitrogen and oxygen atoms in total. The number of anilines is 2. The molecule has 3 N–H and O–H groups in total. The Morgan fingerprint density at radius 1 is 1.42 bits per heavy atom. The second-order valence-corrected chi connectivity index (χ2v) is 7.71. The van der Waals surface area contributed by atoms with E-state index in [0.717, 1.165) is 0 Å².